The lowest BCUT2D eigenvalue weighted by Gasteiger charge is -2.33. The summed E-state index contributed by atoms with van der Waals surface area (Å²) < 4.78 is 5.42. The van der Waals surface area contributed by atoms with Gasteiger partial charge in [0.25, 0.3) is 0 Å². The standard InChI is InChI=1S/C16H20N8O/c1-2-25-13-7-12(17-8-18-13)23-11-3-5-24(6-4-11)16-14-15(20-9-19-14)21-10-22-16/h7-11H,2-6H2,1H3,(H,17,18,23)(H,19,20,21,22). The summed E-state index contributed by atoms with van der Waals surface area (Å²) in [6.07, 6.45) is 6.74. The summed E-state index contributed by atoms with van der Waals surface area (Å²) in [4.78, 5) is 26.6. The minimum Gasteiger partial charge on any atom is -0.478 e. The molecule has 0 aromatic carbocycles. The number of nitrogens with one attached hydrogen (secondary N) is 2. The predicted octanol–water partition coefficient (Wildman–Crippen LogP) is 1.62. The summed E-state index contributed by atoms with van der Waals surface area (Å²) in [5.41, 5.74) is 1.60. The van der Waals surface area contributed by atoms with E-state index in [0.717, 1.165) is 43.1 Å². The van der Waals surface area contributed by atoms with Crippen LogP contribution in [0.25, 0.3) is 11.2 Å². The molecule has 4 heterocycles. The van der Waals surface area contributed by atoms with Gasteiger partial charge in [-0.05, 0) is 19.8 Å². The SMILES string of the molecule is CCOc1cc(NC2CCN(c3ncnc4nc[nH]c34)CC2)ncn1. The number of ether oxygens (including phenoxy) is 1. The molecule has 0 unspecified atom stereocenters. The molecule has 0 bridgehead atoms. The maximum Gasteiger partial charge on any atom is 0.218 e. The number of anilines is 2. The molecule has 1 fully saturated rings. The highest BCUT2D eigenvalue weighted by Gasteiger charge is 2.22. The second kappa shape index (κ2) is 6.88. The van der Waals surface area contributed by atoms with Gasteiger partial charge in [-0.1, -0.05) is 0 Å². The summed E-state index contributed by atoms with van der Waals surface area (Å²) in [6, 6.07) is 2.20. The molecule has 1 aliphatic heterocycles. The monoisotopic (exact) mass is 340 g/mol. The largest absolute Gasteiger partial charge is 0.478 e. The van der Waals surface area contributed by atoms with E-state index in [1.54, 1.807) is 12.7 Å². The second-order valence-corrected chi connectivity index (χ2v) is 5.88. The molecule has 4 rings (SSSR count). The van der Waals surface area contributed by atoms with Crippen molar-refractivity contribution in [1.29, 1.82) is 0 Å². The van der Waals surface area contributed by atoms with Crippen molar-refractivity contribution >= 4 is 22.8 Å². The third-order valence-corrected chi connectivity index (χ3v) is 4.28. The van der Waals surface area contributed by atoms with E-state index < -0.39 is 0 Å². The minimum atomic E-state index is 0.361. The molecular formula is C16H20N8O. The van der Waals surface area contributed by atoms with E-state index in [2.05, 4.69) is 40.1 Å². The van der Waals surface area contributed by atoms with Crippen molar-refractivity contribution in [3.8, 4) is 5.88 Å². The fourth-order valence-electron chi connectivity index (χ4n) is 3.08. The average molecular weight is 340 g/mol. The van der Waals surface area contributed by atoms with Crippen molar-refractivity contribution in [3.63, 3.8) is 0 Å². The van der Waals surface area contributed by atoms with Crippen molar-refractivity contribution in [2.45, 2.75) is 25.8 Å². The van der Waals surface area contributed by atoms with Crippen LogP contribution < -0.4 is 15.0 Å². The van der Waals surface area contributed by atoms with Crippen LogP contribution in [0, 0.1) is 0 Å². The molecule has 25 heavy (non-hydrogen) atoms. The van der Waals surface area contributed by atoms with Crippen LogP contribution in [0.2, 0.25) is 0 Å². The van der Waals surface area contributed by atoms with Gasteiger partial charge < -0.3 is 19.9 Å². The molecule has 130 valence electrons. The quantitative estimate of drug-likeness (QED) is 0.722. The first-order valence-electron chi connectivity index (χ1n) is 8.44. The summed E-state index contributed by atoms with van der Waals surface area (Å²) in [7, 11) is 0. The van der Waals surface area contributed by atoms with Crippen LogP contribution in [0.5, 0.6) is 5.88 Å². The van der Waals surface area contributed by atoms with E-state index in [1.807, 2.05) is 13.0 Å². The number of fused-ring (bicyclic) bond motifs is 1. The van der Waals surface area contributed by atoms with Gasteiger partial charge in [0.1, 0.15) is 24.0 Å². The lowest BCUT2D eigenvalue weighted by molar-refractivity contribution is 0.326. The first-order valence-corrected chi connectivity index (χ1v) is 8.44. The third-order valence-electron chi connectivity index (χ3n) is 4.28. The van der Waals surface area contributed by atoms with Gasteiger partial charge in [-0.25, -0.2) is 24.9 Å². The van der Waals surface area contributed by atoms with E-state index >= 15 is 0 Å². The van der Waals surface area contributed by atoms with E-state index in [4.69, 9.17) is 4.74 Å². The zero-order valence-corrected chi connectivity index (χ0v) is 14.0. The summed E-state index contributed by atoms with van der Waals surface area (Å²) in [5, 5.41) is 3.47. The van der Waals surface area contributed by atoms with Gasteiger partial charge >= 0.3 is 0 Å². The van der Waals surface area contributed by atoms with Gasteiger partial charge in [-0.2, -0.15) is 0 Å². The number of piperidine rings is 1. The van der Waals surface area contributed by atoms with Gasteiger partial charge in [0.05, 0.1) is 12.9 Å². The lowest BCUT2D eigenvalue weighted by Crippen LogP contribution is -2.39. The predicted molar refractivity (Wildman–Crippen MR) is 93.7 cm³/mol. The highest BCUT2D eigenvalue weighted by Crippen LogP contribution is 2.24. The molecule has 2 N–H and O–H groups in total. The molecule has 0 aliphatic carbocycles. The van der Waals surface area contributed by atoms with E-state index in [1.165, 1.54) is 6.33 Å². The number of H-pyrrole nitrogens is 1. The fourth-order valence-corrected chi connectivity index (χ4v) is 3.08. The van der Waals surface area contributed by atoms with Crippen LogP contribution >= 0.6 is 0 Å². The van der Waals surface area contributed by atoms with Gasteiger partial charge in [0.2, 0.25) is 5.88 Å². The van der Waals surface area contributed by atoms with Crippen molar-refractivity contribution in [1.82, 2.24) is 29.9 Å². The Morgan fingerprint density at radius 2 is 2.00 bits per heavy atom. The molecule has 3 aromatic heterocycles. The maximum absolute atomic E-state index is 5.42. The summed E-state index contributed by atoms with van der Waals surface area (Å²) >= 11 is 0. The zero-order valence-electron chi connectivity index (χ0n) is 14.0. The Labute approximate surface area is 144 Å². The summed E-state index contributed by atoms with van der Waals surface area (Å²) in [5.74, 6) is 2.32. The van der Waals surface area contributed by atoms with E-state index in [9.17, 15) is 0 Å². The number of rotatable bonds is 5. The number of hydrogen-bond acceptors (Lipinski definition) is 8. The fraction of sp³-hybridized carbons (Fsp3) is 0.438. The molecule has 0 spiro atoms. The Morgan fingerprint density at radius 3 is 2.84 bits per heavy atom. The first kappa shape index (κ1) is 15.6. The zero-order chi connectivity index (χ0) is 17.1. The third kappa shape index (κ3) is 3.30. The van der Waals surface area contributed by atoms with Crippen LogP contribution in [0.4, 0.5) is 11.6 Å². The van der Waals surface area contributed by atoms with Gasteiger partial charge in [-0.15, -0.1) is 0 Å². The van der Waals surface area contributed by atoms with Crippen LogP contribution in [-0.4, -0.2) is 55.6 Å². The second-order valence-electron chi connectivity index (χ2n) is 5.88. The van der Waals surface area contributed by atoms with Gasteiger partial charge in [0.15, 0.2) is 11.5 Å². The molecular weight excluding hydrogens is 320 g/mol. The Hall–Kier alpha value is -2.97. The Bertz CT molecular complexity index is 843. The maximum atomic E-state index is 5.42. The molecule has 9 nitrogen and oxygen atoms in total. The van der Waals surface area contributed by atoms with E-state index in [0.29, 0.717) is 24.2 Å². The van der Waals surface area contributed by atoms with Crippen LogP contribution in [0.15, 0.2) is 25.0 Å². The van der Waals surface area contributed by atoms with Crippen LogP contribution in [0.1, 0.15) is 19.8 Å². The molecule has 0 radical (unpaired) electrons. The number of aromatic nitrogens is 6. The minimum absolute atomic E-state index is 0.361. The van der Waals surface area contributed by atoms with Crippen LogP contribution in [0.3, 0.4) is 0 Å². The van der Waals surface area contributed by atoms with Crippen molar-refractivity contribution in [2.24, 2.45) is 0 Å². The highest BCUT2D eigenvalue weighted by molar-refractivity contribution is 5.82. The van der Waals surface area contributed by atoms with Gasteiger partial charge in [0, 0.05) is 25.2 Å². The number of imidazole rings is 1. The first-order chi connectivity index (χ1) is 12.3. The number of nitrogens with zero attached hydrogens (tertiary/aromatic N) is 6. The molecule has 3 aromatic rings. The Balaban J connectivity index is 1.40. The van der Waals surface area contributed by atoms with Crippen molar-refractivity contribution in [2.75, 3.05) is 29.9 Å². The average Bonchev–Trinajstić information content (AvgIpc) is 3.12. The van der Waals surface area contributed by atoms with E-state index in [-0.39, 0.29) is 0 Å². The lowest BCUT2D eigenvalue weighted by atomic mass is 10.0. The highest BCUT2D eigenvalue weighted by atomic mass is 16.5. The molecule has 0 saturated carbocycles. The summed E-state index contributed by atoms with van der Waals surface area (Å²) in [6.45, 7) is 4.35. The molecule has 9 heteroatoms. The molecule has 0 amide bonds. The normalized spacial score (nSPS) is 15.5. The Kier molecular flexibility index (Phi) is 4.28. The number of aromatic amines is 1. The number of hydrogen-bond donors (Lipinski definition) is 2. The van der Waals surface area contributed by atoms with Crippen LogP contribution in [-0.2, 0) is 0 Å². The molecule has 1 saturated heterocycles. The van der Waals surface area contributed by atoms with Crippen molar-refractivity contribution in [3.05, 3.63) is 25.0 Å². The molecule has 0 atom stereocenters. The molecule has 1 aliphatic rings. The topological polar surface area (TPSA) is 105 Å². The van der Waals surface area contributed by atoms with Gasteiger partial charge in [-0.3, -0.25) is 0 Å². The Morgan fingerprint density at radius 1 is 1.16 bits per heavy atom. The smallest absolute Gasteiger partial charge is 0.218 e. The van der Waals surface area contributed by atoms with Crippen molar-refractivity contribution < 1.29 is 4.74 Å².